The summed E-state index contributed by atoms with van der Waals surface area (Å²) in [7, 11) is 0. The summed E-state index contributed by atoms with van der Waals surface area (Å²) in [6, 6.07) is 8.30. The number of aliphatic hydroxyl groups is 1. The van der Waals surface area contributed by atoms with Crippen molar-refractivity contribution in [2.24, 2.45) is 11.8 Å². The van der Waals surface area contributed by atoms with Crippen LogP contribution in [0.3, 0.4) is 0 Å². The van der Waals surface area contributed by atoms with Gasteiger partial charge >= 0.3 is 11.9 Å². The minimum Gasteiger partial charge on any atom is -0.487 e. The zero-order valence-corrected chi connectivity index (χ0v) is 18.0. The Kier molecular flexibility index (Phi) is 9.84. The minimum atomic E-state index is -3.24. The molecule has 0 aromatic heterocycles. The molecule has 1 aromatic rings. The van der Waals surface area contributed by atoms with Gasteiger partial charge in [-0.25, -0.2) is 0 Å². The number of aliphatic carboxylic acids is 1. The monoisotopic (exact) mass is 452 g/mol. The summed E-state index contributed by atoms with van der Waals surface area (Å²) in [5, 5.41) is 19.1. The third-order valence-electron chi connectivity index (χ3n) is 5.28. The average molecular weight is 452 g/mol. The molecule has 0 radical (unpaired) electrons. The van der Waals surface area contributed by atoms with Crippen LogP contribution in [0.2, 0.25) is 0 Å². The van der Waals surface area contributed by atoms with Crippen molar-refractivity contribution in [1.82, 2.24) is 0 Å². The third kappa shape index (κ3) is 8.78. The van der Waals surface area contributed by atoms with Gasteiger partial charge in [-0.3, -0.25) is 9.59 Å². The van der Waals surface area contributed by atoms with Crippen molar-refractivity contribution in [2.75, 3.05) is 6.61 Å². The molecule has 0 heterocycles. The van der Waals surface area contributed by atoms with Crippen LogP contribution in [0.25, 0.3) is 0 Å². The van der Waals surface area contributed by atoms with Crippen LogP contribution in [0, 0.1) is 11.8 Å². The van der Waals surface area contributed by atoms with Crippen LogP contribution < -0.4 is 4.74 Å². The van der Waals surface area contributed by atoms with Crippen LogP contribution >= 0.6 is 0 Å². The van der Waals surface area contributed by atoms with E-state index >= 15 is 0 Å². The first kappa shape index (κ1) is 25.5. The number of allylic oxidation sites excluding steroid dienone is 2. The maximum atomic E-state index is 14.3. The number of alkyl halides is 2. The summed E-state index contributed by atoms with van der Waals surface area (Å²) in [4.78, 5) is 22.0. The normalized spacial score (nSPS) is 23.6. The molecule has 2 rings (SSSR count). The van der Waals surface area contributed by atoms with Gasteiger partial charge in [0, 0.05) is 31.6 Å². The number of aliphatic hydroxyl groups excluding tert-OH is 1. The number of para-hydroxylation sites is 1. The van der Waals surface area contributed by atoms with E-state index in [1.807, 2.05) is 12.2 Å². The van der Waals surface area contributed by atoms with Gasteiger partial charge in [0.2, 0.25) is 0 Å². The maximum Gasteiger partial charge on any atom is 0.303 e. The van der Waals surface area contributed by atoms with Crippen molar-refractivity contribution in [3.05, 3.63) is 54.6 Å². The van der Waals surface area contributed by atoms with E-state index in [9.17, 15) is 23.5 Å². The Morgan fingerprint density at radius 1 is 1.22 bits per heavy atom. The van der Waals surface area contributed by atoms with Crippen LogP contribution in [0.15, 0.2) is 54.6 Å². The fraction of sp³-hybridized carbons (Fsp3) is 0.500. The number of carbonyl (C=O) groups excluding carboxylic acids is 1. The summed E-state index contributed by atoms with van der Waals surface area (Å²) < 4.78 is 39.1. The number of benzene rings is 1. The first-order chi connectivity index (χ1) is 15.2. The first-order valence-corrected chi connectivity index (χ1v) is 10.6. The Bertz CT molecular complexity index is 793. The molecule has 1 saturated carbocycles. The second-order valence-electron chi connectivity index (χ2n) is 7.91. The van der Waals surface area contributed by atoms with Gasteiger partial charge in [-0.1, -0.05) is 36.4 Å². The van der Waals surface area contributed by atoms with Crippen molar-refractivity contribution in [3.8, 4) is 5.75 Å². The summed E-state index contributed by atoms with van der Waals surface area (Å²) >= 11 is 0. The molecule has 1 aliphatic rings. The van der Waals surface area contributed by atoms with E-state index in [0.29, 0.717) is 25.0 Å². The Morgan fingerprint density at radius 3 is 2.59 bits per heavy atom. The van der Waals surface area contributed by atoms with Gasteiger partial charge in [-0.2, -0.15) is 8.78 Å². The second kappa shape index (κ2) is 12.3. The van der Waals surface area contributed by atoms with E-state index in [1.165, 1.54) is 13.0 Å². The molecule has 4 atom stereocenters. The fourth-order valence-electron chi connectivity index (χ4n) is 3.77. The van der Waals surface area contributed by atoms with Gasteiger partial charge in [0.05, 0.1) is 6.10 Å². The van der Waals surface area contributed by atoms with Gasteiger partial charge in [0.1, 0.15) is 11.9 Å². The number of unbranched alkanes of at least 4 members (excludes halogenated alkanes) is 1. The lowest BCUT2D eigenvalue weighted by Gasteiger charge is -2.22. The maximum absolute atomic E-state index is 14.3. The first-order valence-electron chi connectivity index (χ1n) is 10.6. The lowest BCUT2D eigenvalue weighted by molar-refractivity contribution is -0.148. The zero-order valence-electron chi connectivity index (χ0n) is 18.0. The summed E-state index contributed by atoms with van der Waals surface area (Å²) in [6.45, 7) is 0.432. The molecule has 6 nitrogen and oxygen atoms in total. The highest BCUT2D eigenvalue weighted by molar-refractivity contribution is 5.66. The van der Waals surface area contributed by atoms with E-state index in [-0.39, 0.29) is 18.8 Å². The summed E-state index contributed by atoms with van der Waals surface area (Å²) in [5.74, 6) is -5.26. The van der Waals surface area contributed by atoms with E-state index in [1.54, 1.807) is 30.3 Å². The van der Waals surface area contributed by atoms with Crippen LogP contribution in [-0.4, -0.2) is 46.9 Å². The van der Waals surface area contributed by atoms with E-state index in [2.05, 4.69) is 0 Å². The Hall–Kier alpha value is -2.74. The van der Waals surface area contributed by atoms with Crippen LogP contribution in [0.5, 0.6) is 5.75 Å². The highest BCUT2D eigenvalue weighted by Crippen LogP contribution is 2.39. The van der Waals surface area contributed by atoms with Gasteiger partial charge < -0.3 is 19.7 Å². The number of carbonyl (C=O) groups is 2. The number of hydrogen-bond donors (Lipinski definition) is 2. The molecule has 0 amide bonds. The van der Waals surface area contributed by atoms with Gasteiger partial charge in [0.25, 0.3) is 5.92 Å². The molecule has 0 unspecified atom stereocenters. The van der Waals surface area contributed by atoms with Crippen LogP contribution in [0.4, 0.5) is 8.78 Å². The molecule has 32 heavy (non-hydrogen) atoms. The molecule has 1 aliphatic carbocycles. The van der Waals surface area contributed by atoms with E-state index in [0.717, 1.165) is 6.08 Å². The van der Waals surface area contributed by atoms with Crippen molar-refractivity contribution in [2.45, 2.75) is 57.2 Å². The Labute approximate surface area is 186 Å². The van der Waals surface area contributed by atoms with Crippen LogP contribution in [-0.2, 0) is 14.3 Å². The molecule has 0 saturated heterocycles. The number of rotatable bonds is 12. The van der Waals surface area contributed by atoms with E-state index in [4.69, 9.17) is 14.6 Å². The van der Waals surface area contributed by atoms with E-state index < -0.39 is 42.6 Å². The smallest absolute Gasteiger partial charge is 0.303 e. The second-order valence-corrected chi connectivity index (χ2v) is 7.91. The molecule has 2 N–H and O–H groups in total. The highest BCUT2D eigenvalue weighted by atomic mass is 19.3. The third-order valence-corrected chi connectivity index (χ3v) is 5.28. The lowest BCUT2D eigenvalue weighted by atomic mass is 9.89. The molecule has 0 aliphatic heterocycles. The number of hydrogen-bond acceptors (Lipinski definition) is 5. The average Bonchev–Trinajstić information content (AvgIpc) is 3.01. The Balaban J connectivity index is 2.01. The quantitative estimate of drug-likeness (QED) is 0.278. The minimum absolute atomic E-state index is 0.0635. The van der Waals surface area contributed by atoms with Crippen molar-refractivity contribution >= 4 is 11.9 Å². The summed E-state index contributed by atoms with van der Waals surface area (Å²) in [5.41, 5.74) is 0. The van der Waals surface area contributed by atoms with Gasteiger partial charge in [0.15, 0.2) is 6.61 Å². The molecular formula is C24H30F2O6. The number of halogens is 2. The lowest BCUT2D eigenvalue weighted by Crippen LogP contribution is -2.26. The molecule has 1 fully saturated rings. The molecule has 8 heteroatoms. The van der Waals surface area contributed by atoms with Gasteiger partial charge in [-0.05, 0) is 37.5 Å². The predicted molar refractivity (Wildman–Crippen MR) is 114 cm³/mol. The number of ether oxygens (including phenoxy) is 2. The molecular weight excluding hydrogens is 422 g/mol. The molecule has 0 spiro atoms. The standard InChI is InChI=1S/C24H30F2O6/c1-17(27)32-22-15-21(28)19(20(22)11-7-2-3-8-12-23(29)30)13-14-24(25,26)16-31-18-9-5-4-6-10-18/h2,4-7,9-10,13-14,19-22,28H,3,8,11-12,15-16H2,1H3,(H,29,30)/b7-2-,14-13+/t19-,20-,21-,22+/m1/s1. The SMILES string of the molecule is CC(=O)O[C@H]1C[C@@H](O)[C@H](/C=C/C(F)(F)COc2ccccc2)[C@H]1C/C=C\CCCC(=O)O. The summed E-state index contributed by atoms with van der Waals surface area (Å²) in [6.07, 6.45) is 5.84. The topological polar surface area (TPSA) is 93.1 Å². The molecule has 1 aromatic carbocycles. The van der Waals surface area contributed by atoms with Crippen molar-refractivity contribution in [1.29, 1.82) is 0 Å². The van der Waals surface area contributed by atoms with Crippen molar-refractivity contribution in [3.63, 3.8) is 0 Å². The fourth-order valence-corrected chi connectivity index (χ4v) is 3.77. The Morgan fingerprint density at radius 2 is 1.94 bits per heavy atom. The van der Waals surface area contributed by atoms with Crippen LogP contribution in [0.1, 0.15) is 39.0 Å². The van der Waals surface area contributed by atoms with Crippen molar-refractivity contribution < 1.29 is 38.1 Å². The van der Waals surface area contributed by atoms with Gasteiger partial charge in [-0.15, -0.1) is 0 Å². The molecule has 176 valence electrons. The largest absolute Gasteiger partial charge is 0.487 e. The highest BCUT2D eigenvalue weighted by Gasteiger charge is 2.43. The predicted octanol–water partition coefficient (Wildman–Crippen LogP) is 4.39. The number of esters is 1. The number of carboxylic acids is 1. The molecule has 0 bridgehead atoms. The number of carboxylic acid groups (broad SMARTS) is 1. The zero-order chi connectivity index (χ0) is 23.6.